The van der Waals surface area contributed by atoms with E-state index in [1.165, 1.54) is 34.6 Å². The molecule has 0 aliphatic heterocycles. The number of aliphatic hydroxyl groups is 1. The molecular weight excluding hydrogens is 873 g/mol. The van der Waals surface area contributed by atoms with Gasteiger partial charge in [-0.3, -0.25) is 47.9 Å². The maximum absolute atomic E-state index is 13.9. The van der Waals surface area contributed by atoms with E-state index in [1.807, 2.05) is 27.7 Å². The molecular formula is C45H82N10O12. The lowest BCUT2D eigenvalue weighted by Gasteiger charge is -2.30. The van der Waals surface area contributed by atoms with E-state index in [0.717, 1.165) is 0 Å². The Hall–Kier alpha value is -5.38. The van der Waals surface area contributed by atoms with Crippen LogP contribution in [-0.2, 0) is 47.9 Å². The molecule has 12 atom stereocenters. The molecule has 0 aromatic rings. The van der Waals surface area contributed by atoms with Gasteiger partial charge in [-0.2, -0.15) is 0 Å². The smallest absolute Gasteiger partial charge is 0.325 e. The van der Waals surface area contributed by atoms with Crippen LogP contribution in [0.25, 0.3) is 0 Å². The molecule has 0 unspecified atom stereocenters. The number of carboxylic acids is 1. The standard InChI is InChI=1S/C45H82N10O12/c1-16-24(10)34(54-44(65)35(29(15)56)55-38(59)27(13)49-40(61)31(18-21(4)5)51-39(60)30(46)17-20(2)3)43(64)52-32(19-22(6)7)41(62)48-25(11)36(57)47-26(12)37(58)53-33(23(8)9)42(63)50-28(14)45(66)67/h20-35,56H,16-19,46H2,1-15H3,(H,47,57)(H,48,62)(H,49,61)(H,50,63)(H,51,60)(H,52,64)(H,53,58)(H,54,65)(H,55,59)(H,66,67)/t24-,25-,26-,27-,28-,29+,30-,31-,32-,33-,34-,35-/m0/s1. The van der Waals surface area contributed by atoms with Crippen LogP contribution in [0.15, 0.2) is 0 Å². The van der Waals surface area contributed by atoms with Crippen molar-refractivity contribution in [2.75, 3.05) is 0 Å². The lowest BCUT2D eigenvalue weighted by atomic mass is 9.96. The number of carbonyl (C=O) groups excluding carboxylic acids is 9. The predicted octanol–water partition coefficient (Wildman–Crippen LogP) is -0.938. The first kappa shape index (κ1) is 61.6. The Labute approximate surface area is 395 Å². The summed E-state index contributed by atoms with van der Waals surface area (Å²) in [6, 6.07) is -11.9. The van der Waals surface area contributed by atoms with Gasteiger partial charge in [0, 0.05) is 0 Å². The van der Waals surface area contributed by atoms with Crippen molar-refractivity contribution in [2.24, 2.45) is 35.3 Å². The third-order valence-electron chi connectivity index (χ3n) is 10.8. The van der Waals surface area contributed by atoms with E-state index in [9.17, 15) is 53.1 Å². The number of carbonyl (C=O) groups is 10. The Balaban J connectivity index is 5.99. The van der Waals surface area contributed by atoms with Crippen molar-refractivity contribution in [2.45, 2.75) is 196 Å². The highest BCUT2D eigenvalue weighted by atomic mass is 16.4. The van der Waals surface area contributed by atoms with Crippen LogP contribution >= 0.6 is 0 Å². The second kappa shape index (κ2) is 29.4. The molecule has 9 amide bonds. The molecule has 0 aliphatic carbocycles. The number of carboxylic acid groups (broad SMARTS) is 1. The first-order chi connectivity index (χ1) is 30.8. The Morgan fingerprint density at radius 2 is 0.731 bits per heavy atom. The minimum absolute atomic E-state index is 0.0196. The van der Waals surface area contributed by atoms with Gasteiger partial charge in [0.25, 0.3) is 0 Å². The maximum Gasteiger partial charge on any atom is 0.325 e. The first-order valence-electron chi connectivity index (χ1n) is 23.2. The zero-order chi connectivity index (χ0) is 52.2. The van der Waals surface area contributed by atoms with Crippen molar-refractivity contribution in [3.63, 3.8) is 0 Å². The number of hydrogen-bond donors (Lipinski definition) is 12. The molecule has 67 heavy (non-hydrogen) atoms. The number of amides is 9. The fraction of sp³-hybridized carbons (Fsp3) is 0.778. The van der Waals surface area contributed by atoms with Crippen LogP contribution in [-0.4, -0.2) is 136 Å². The molecule has 0 aliphatic rings. The Bertz CT molecular complexity index is 1710. The van der Waals surface area contributed by atoms with E-state index in [0.29, 0.717) is 12.8 Å². The van der Waals surface area contributed by atoms with Crippen LogP contribution in [0.5, 0.6) is 0 Å². The predicted molar refractivity (Wildman–Crippen MR) is 250 cm³/mol. The van der Waals surface area contributed by atoms with Crippen molar-refractivity contribution in [3.05, 3.63) is 0 Å². The minimum atomic E-state index is -1.60. The van der Waals surface area contributed by atoms with Crippen molar-refractivity contribution >= 4 is 59.1 Å². The van der Waals surface area contributed by atoms with E-state index in [2.05, 4.69) is 47.9 Å². The third-order valence-corrected chi connectivity index (χ3v) is 10.8. The van der Waals surface area contributed by atoms with Crippen molar-refractivity contribution < 1.29 is 58.2 Å². The van der Waals surface area contributed by atoms with Gasteiger partial charge < -0.3 is 63.8 Å². The van der Waals surface area contributed by atoms with Crippen LogP contribution in [0.3, 0.4) is 0 Å². The second-order valence-electron chi connectivity index (χ2n) is 19.2. The summed E-state index contributed by atoms with van der Waals surface area (Å²) >= 11 is 0. The molecule has 0 rings (SSSR count). The first-order valence-corrected chi connectivity index (χ1v) is 23.2. The Morgan fingerprint density at radius 3 is 1.10 bits per heavy atom. The molecule has 0 spiro atoms. The number of nitrogens with one attached hydrogen (secondary N) is 9. The molecule has 22 heteroatoms. The fourth-order valence-corrected chi connectivity index (χ4v) is 6.53. The molecule has 384 valence electrons. The zero-order valence-electron chi connectivity index (χ0n) is 42.1. The minimum Gasteiger partial charge on any atom is -0.480 e. The highest BCUT2D eigenvalue weighted by Gasteiger charge is 2.36. The van der Waals surface area contributed by atoms with E-state index >= 15 is 0 Å². The van der Waals surface area contributed by atoms with Crippen LogP contribution in [0.1, 0.15) is 130 Å². The van der Waals surface area contributed by atoms with E-state index < -0.39 is 137 Å². The normalized spacial score (nSPS) is 16.9. The highest BCUT2D eigenvalue weighted by Crippen LogP contribution is 2.13. The van der Waals surface area contributed by atoms with E-state index in [-0.39, 0.29) is 30.6 Å². The quantitative estimate of drug-likeness (QED) is 0.0432. The number of aliphatic hydroxyl groups excluding tert-OH is 1. The van der Waals surface area contributed by atoms with Crippen molar-refractivity contribution in [1.82, 2.24) is 47.9 Å². The fourth-order valence-electron chi connectivity index (χ4n) is 6.53. The molecule has 0 radical (unpaired) electrons. The Morgan fingerprint density at radius 1 is 0.403 bits per heavy atom. The average molecular weight is 955 g/mol. The largest absolute Gasteiger partial charge is 0.480 e. The van der Waals surface area contributed by atoms with Crippen LogP contribution in [0, 0.1) is 29.6 Å². The van der Waals surface area contributed by atoms with Crippen molar-refractivity contribution in [1.29, 1.82) is 0 Å². The molecule has 0 aromatic carbocycles. The summed E-state index contributed by atoms with van der Waals surface area (Å²) in [4.78, 5) is 131. The van der Waals surface area contributed by atoms with Gasteiger partial charge in [-0.15, -0.1) is 0 Å². The summed E-state index contributed by atoms with van der Waals surface area (Å²) in [6.45, 7) is 24.4. The molecule has 22 nitrogen and oxygen atoms in total. The molecule has 0 heterocycles. The summed E-state index contributed by atoms with van der Waals surface area (Å²) < 4.78 is 0. The molecule has 0 fully saturated rings. The number of hydrogen-bond acceptors (Lipinski definition) is 12. The monoisotopic (exact) mass is 955 g/mol. The molecule has 0 saturated heterocycles. The average Bonchev–Trinajstić information content (AvgIpc) is 3.21. The Kier molecular flexibility index (Phi) is 27.0. The van der Waals surface area contributed by atoms with Crippen LogP contribution < -0.4 is 53.6 Å². The summed E-state index contributed by atoms with van der Waals surface area (Å²) in [6.07, 6.45) is -0.362. The van der Waals surface area contributed by atoms with Gasteiger partial charge in [0.1, 0.15) is 54.4 Å². The van der Waals surface area contributed by atoms with Gasteiger partial charge in [-0.25, -0.2) is 0 Å². The number of aliphatic carboxylic acids is 1. The molecule has 13 N–H and O–H groups in total. The van der Waals surface area contributed by atoms with Crippen LogP contribution in [0.4, 0.5) is 0 Å². The van der Waals surface area contributed by atoms with Gasteiger partial charge in [0.05, 0.1) is 12.1 Å². The molecule has 0 aromatic heterocycles. The van der Waals surface area contributed by atoms with Crippen LogP contribution in [0.2, 0.25) is 0 Å². The van der Waals surface area contributed by atoms with Gasteiger partial charge in [-0.05, 0) is 83.5 Å². The van der Waals surface area contributed by atoms with E-state index in [1.54, 1.807) is 41.5 Å². The summed E-state index contributed by atoms with van der Waals surface area (Å²) in [5.74, 6) is -9.01. The van der Waals surface area contributed by atoms with E-state index in [4.69, 9.17) is 10.8 Å². The third kappa shape index (κ3) is 22.3. The van der Waals surface area contributed by atoms with Gasteiger partial charge in [-0.1, -0.05) is 75.7 Å². The zero-order valence-corrected chi connectivity index (χ0v) is 42.1. The highest BCUT2D eigenvalue weighted by molar-refractivity contribution is 5.98. The number of nitrogens with two attached hydrogens (primary N) is 1. The topological polar surface area (TPSA) is 345 Å². The van der Waals surface area contributed by atoms with Gasteiger partial charge >= 0.3 is 5.97 Å². The van der Waals surface area contributed by atoms with Gasteiger partial charge in [0.2, 0.25) is 53.2 Å². The summed E-state index contributed by atoms with van der Waals surface area (Å²) in [5.41, 5.74) is 6.02. The SMILES string of the molecule is CC[C@H](C)[C@H](NC(=O)[C@@H](NC(=O)[C@H](C)NC(=O)[C@H](CC(C)C)NC(=O)[C@@H](N)CC(C)C)[C@@H](C)O)C(=O)N[C@@H](CC(C)C)C(=O)N[C@@H](C)C(=O)N[C@@H](C)C(=O)N[C@H](C(=O)N[C@@H](C)C(=O)O)C(C)C. The van der Waals surface area contributed by atoms with Gasteiger partial charge in [0.15, 0.2) is 0 Å². The number of rotatable bonds is 29. The summed E-state index contributed by atoms with van der Waals surface area (Å²) in [7, 11) is 0. The lowest BCUT2D eigenvalue weighted by molar-refractivity contribution is -0.142. The second-order valence-corrected chi connectivity index (χ2v) is 19.2. The molecule has 0 saturated carbocycles. The lowest BCUT2D eigenvalue weighted by Crippen LogP contribution is -2.62. The van der Waals surface area contributed by atoms with Crippen molar-refractivity contribution in [3.8, 4) is 0 Å². The molecule has 0 bridgehead atoms. The maximum atomic E-state index is 13.9. The summed E-state index contributed by atoms with van der Waals surface area (Å²) in [5, 5.41) is 42.5.